The van der Waals surface area contributed by atoms with Gasteiger partial charge in [0.05, 0.1) is 6.61 Å². The average molecular weight is 226 g/mol. The van der Waals surface area contributed by atoms with Crippen LogP contribution in [0.1, 0.15) is 26.3 Å². The molecule has 3 heteroatoms. The first kappa shape index (κ1) is 13.0. The summed E-state index contributed by atoms with van der Waals surface area (Å²) in [6.45, 7) is 7.15. The summed E-state index contributed by atoms with van der Waals surface area (Å²) < 4.78 is 23.6. The molecule has 1 aromatic rings. The smallest absolute Gasteiger partial charge is 0.126 e. The van der Waals surface area contributed by atoms with Crippen LogP contribution in [0.25, 0.3) is 0 Å². The Labute approximate surface area is 96.4 Å². The maximum Gasteiger partial charge on any atom is 0.126 e. The summed E-state index contributed by atoms with van der Waals surface area (Å²) in [5, 5.41) is 0. The van der Waals surface area contributed by atoms with Crippen LogP contribution in [0.3, 0.4) is 0 Å². The van der Waals surface area contributed by atoms with E-state index in [0.717, 1.165) is 5.56 Å². The number of hydrogen-bond acceptors (Lipinski definition) is 2. The molecule has 0 bridgehead atoms. The Morgan fingerprint density at radius 2 is 1.88 bits per heavy atom. The van der Waals surface area contributed by atoms with Gasteiger partial charge in [-0.05, 0) is 17.0 Å². The highest BCUT2D eigenvalue weighted by Crippen LogP contribution is 2.31. The molecule has 0 aromatic heterocycles. The second-order valence-electron chi connectivity index (χ2n) is 4.73. The molecule has 0 aliphatic rings. The zero-order valence-corrected chi connectivity index (χ0v) is 10.3. The van der Waals surface area contributed by atoms with Gasteiger partial charge in [0.2, 0.25) is 0 Å². The van der Waals surface area contributed by atoms with Crippen molar-refractivity contribution >= 4 is 0 Å². The Morgan fingerprint density at radius 1 is 1.19 bits per heavy atom. The maximum absolute atomic E-state index is 13.1. The van der Waals surface area contributed by atoms with Crippen LogP contribution in [0.4, 0.5) is 4.39 Å². The van der Waals surface area contributed by atoms with Crippen LogP contribution in [0.2, 0.25) is 0 Å². The molecule has 0 spiro atoms. The lowest BCUT2D eigenvalue weighted by atomic mass is 9.86. The Kier molecular flexibility index (Phi) is 4.30. The molecule has 0 aliphatic carbocycles. The van der Waals surface area contributed by atoms with Crippen molar-refractivity contribution in [1.29, 1.82) is 0 Å². The summed E-state index contributed by atoms with van der Waals surface area (Å²) in [6, 6.07) is 4.66. The zero-order chi connectivity index (χ0) is 12.2. The van der Waals surface area contributed by atoms with Crippen LogP contribution in [-0.2, 0) is 10.2 Å². The van der Waals surface area contributed by atoms with Crippen molar-refractivity contribution in [3.05, 3.63) is 29.6 Å². The highest BCUT2D eigenvalue weighted by molar-refractivity contribution is 5.38. The van der Waals surface area contributed by atoms with Crippen molar-refractivity contribution in [2.75, 3.05) is 20.3 Å². The van der Waals surface area contributed by atoms with Crippen LogP contribution in [0, 0.1) is 5.82 Å². The van der Waals surface area contributed by atoms with E-state index in [9.17, 15) is 4.39 Å². The second-order valence-corrected chi connectivity index (χ2v) is 4.73. The minimum Gasteiger partial charge on any atom is -0.491 e. The highest BCUT2D eigenvalue weighted by atomic mass is 19.1. The molecule has 1 aromatic carbocycles. The molecule has 0 atom stereocenters. The minimum absolute atomic E-state index is 0.0594. The van der Waals surface area contributed by atoms with E-state index in [1.165, 1.54) is 12.1 Å². The predicted octanol–water partition coefficient (Wildman–Crippen LogP) is 3.15. The van der Waals surface area contributed by atoms with Gasteiger partial charge in [-0.25, -0.2) is 4.39 Å². The van der Waals surface area contributed by atoms with E-state index in [1.807, 2.05) is 0 Å². The molecule has 0 aliphatic heterocycles. The van der Waals surface area contributed by atoms with E-state index in [1.54, 1.807) is 13.2 Å². The normalized spacial score (nSPS) is 11.6. The summed E-state index contributed by atoms with van der Waals surface area (Å²) in [6.07, 6.45) is 0. The molecule has 2 nitrogen and oxygen atoms in total. The summed E-state index contributed by atoms with van der Waals surface area (Å²) >= 11 is 0. The third-order valence-electron chi connectivity index (χ3n) is 2.30. The first-order valence-corrected chi connectivity index (χ1v) is 5.37. The monoisotopic (exact) mass is 226 g/mol. The second kappa shape index (κ2) is 5.30. The molecule has 1 rings (SSSR count). The fourth-order valence-electron chi connectivity index (χ4n) is 1.47. The SMILES string of the molecule is COCCOc1cc(F)ccc1C(C)(C)C. The first-order chi connectivity index (χ1) is 7.45. The van der Waals surface area contributed by atoms with Gasteiger partial charge in [0.25, 0.3) is 0 Å². The number of rotatable bonds is 4. The highest BCUT2D eigenvalue weighted by Gasteiger charge is 2.19. The van der Waals surface area contributed by atoms with E-state index < -0.39 is 0 Å². The number of methoxy groups -OCH3 is 1. The van der Waals surface area contributed by atoms with Gasteiger partial charge >= 0.3 is 0 Å². The largest absolute Gasteiger partial charge is 0.491 e. The molecule has 0 saturated carbocycles. The Balaban J connectivity index is 2.90. The Hall–Kier alpha value is -1.09. The third-order valence-corrected chi connectivity index (χ3v) is 2.30. The van der Waals surface area contributed by atoms with Crippen LogP contribution < -0.4 is 4.74 Å². The van der Waals surface area contributed by atoms with Crippen molar-refractivity contribution < 1.29 is 13.9 Å². The Morgan fingerprint density at radius 3 is 2.44 bits per heavy atom. The lowest BCUT2D eigenvalue weighted by Crippen LogP contribution is -2.15. The molecule has 90 valence electrons. The predicted molar refractivity (Wildman–Crippen MR) is 62.5 cm³/mol. The van der Waals surface area contributed by atoms with E-state index in [0.29, 0.717) is 19.0 Å². The molecular formula is C13H19FO2. The molecule has 0 radical (unpaired) electrons. The van der Waals surface area contributed by atoms with E-state index >= 15 is 0 Å². The molecule has 0 amide bonds. The van der Waals surface area contributed by atoms with Gasteiger partial charge in [-0.2, -0.15) is 0 Å². The van der Waals surface area contributed by atoms with Gasteiger partial charge in [0.1, 0.15) is 18.2 Å². The molecule has 0 heterocycles. The van der Waals surface area contributed by atoms with Crippen LogP contribution in [0.15, 0.2) is 18.2 Å². The number of benzene rings is 1. The van der Waals surface area contributed by atoms with E-state index in [2.05, 4.69) is 20.8 Å². The van der Waals surface area contributed by atoms with Crippen molar-refractivity contribution in [1.82, 2.24) is 0 Å². The quantitative estimate of drug-likeness (QED) is 0.734. The maximum atomic E-state index is 13.1. The standard InChI is InChI=1S/C13H19FO2/c1-13(2,3)11-6-5-10(14)9-12(11)16-8-7-15-4/h5-6,9H,7-8H2,1-4H3. The fourth-order valence-corrected chi connectivity index (χ4v) is 1.47. The summed E-state index contributed by atoms with van der Waals surface area (Å²) in [5.74, 6) is 0.324. The number of halogens is 1. The summed E-state index contributed by atoms with van der Waals surface area (Å²) in [5.41, 5.74) is 0.945. The van der Waals surface area contributed by atoms with Gasteiger partial charge in [0, 0.05) is 13.2 Å². The fraction of sp³-hybridized carbons (Fsp3) is 0.538. The average Bonchev–Trinajstić information content (AvgIpc) is 2.16. The van der Waals surface area contributed by atoms with Crippen LogP contribution >= 0.6 is 0 Å². The molecular weight excluding hydrogens is 207 g/mol. The van der Waals surface area contributed by atoms with Gasteiger partial charge in [0.15, 0.2) is 0 Å². The van der Waals surface area contributed by atoms with Gasteiger partial charge in [-0.3, -0.25) is 0 Å². The third kappa shape index (κ3) is 3.49. The topological polar surface area (TPSA) is 18.5 Å². The minimum atomic E-state index is -0.277. The molecule has 0 unspecified atom stereocenters. The lowest BCUT2D eigenvalue weighted by Gasteiger charge is -2.22. The summed E-state index contributed by atoms with van der Waals surface area (Å²) in [7, 11) is 1.61. The van der Waals surface area contributed by atoms with Crippen molar-refractivity contribution in [2.24, 2.45) is 0 Å². The molecule has 0 fully saturated rings. The van der Waals surface area contributed by atoms with Crippen LogP contribution in [-0.4, -0.2) is 20.3 Å². The zero-order valence-electron chi connectivity index (χ0n) is 10.3. The molecule has 16 heavy (non-hydrogen) atoms. The van der Waals surface area contributed by atoms with Crippen molar-refractivity contribution in [2.45, 2.75) is 26.2 Å². The summed E-state index contributed by atoms with van der Waals surface area (Å²) in [4.78, 5) is 0. The number of hydrogen-bond donors (Lipinski definition) is 0. The van der Waals surface area contributed by atoms with Gasteiger partial charge in [-0.15, -0.1) is 0 Å². The van der Waals surface area contributed by atoms with E-state index in [-0.39, 0.29) is 11.2 Å². The van der Waals surface area contributed by atoms with E-state index in [4.69, 9.17) is 9.47 Å². The Bertz CT molecular complexity index is 342. The molecule has 0 N–H and O–H groups in total. The van der Waals surface area contributed by atoms with Gasteiger partial charge in [-0.1, -0.05) is 26.8 Å². The first-order valence-electron chi connectivity index (χ1n) is 5.37. The molecule has 0 saturated heterocycles. The number of ether oxygens (including phenoxy) is 2. The van der Waals surface area contributed by atoms with Crippen molar-refractivity contribution in [3.8, 4) is 5.75 Å². The van der Waals surface area contributed by atoms with Gasteiger partial charge < -0.3 is 9.47 Å². The van der Waals surface area contributed by atoms with Crippen molar-refractivity contribution in [3.63, 3.8) is 0 Å². The van der Waals surface area contributed by atoms with Crippen LogP contribution in [0.5, 0.6) is 5.75 Å². The lowest BCUT2D eigenvalue weighted by molar-refractivity contribution is 0.145.